The maximum atomic E-state index is 12.8. The summed E-state index contributed by atoms with van der Waals surface area (Å²) in [6, 6.07) is 18.1. The van der Waals surface area contributed by atoms with E-state index in [1.807, 2.05) is 67.8 Å². The Balaban J connectivity index is 1.63. The first-order valence-corrected chi connectivity index (χ1v) is 11.6. The number of thiazole rings is 1. The number of anilines is 1. The van der Waals surface area contributed by atoms with Crippen LogP contribution < -0.4 is 5.32 Å². The van der Waals surface area contributed by atoms with Crippen LogP contribution in [0.3, 0.4) is 0 Å². The van der Waals surface area contributed by atoms with E-state index < -0.39 is 0 Å². The molecular weight excluding hydrogens is 426 g/mol. The van der Waals surface area contributed by atoms with E-state index in [-0.39, 0.29) is 11.2 Å². The van der Waals surface area contributed by atoms with Gasteiger partial charge in [0.15, 0.2) is 16.1 Å². The van der Waals surface area contributed by atoms with Gasteiger partial charge in [-0.2, -0.15) is 0 Å². The SMILES string of the molecule is Cc1ccc(-n2c(SC(C)C(=O)Nc3nc(C)c(C)s3)nnc2-c2ccccc2)cc1. The van der Waals surface area contributed by atoms with Crippen LogP contribution in [-0.2, 0) is 4.79 Å². The number of carbonyl (C=O) groups is 1. The molecule has 1 amide bonds. The minimum Gasteiger partial charge on any atom is -0.301 e. The fourth-order valence-electron chi connectivity index (χ4n) is 2.99. The van der Waals surface area contributed by atoms with Gasteiger partial charge in [-0.1, -0.05) is 59.8 Å². The number of carbonyl (C=O) groups excluding carboxylic acids is 1. The molecule has 4 rings (SSSR count). The van der Waals surface area contributed by atoms with Crippen LogP contribution in [0.25, 0.3) is 17.1 Å². The van der Waals surface area contributed by atoms with Gasteiger partial charge in [-0.3, -0.25) is 9.36 Å². The summed E-state index contributed by atoms with van der Waals surface area (Å²) in [4.78, 5) is 18.3. The lowest BCUT2D eigenvalue weighted by molar-refractivity contribution is -0.115. The van der Waals surface area contributed by atoms with E-state index in [0.29, 0.717) is 10.3 Å². The maximum absolute atomic E-state index is 12.8. The summed E-state index contributed by atoms with van der Waals surface area (Å²) in [5, 5.41) is 12.7. The van der Waals surface area contributed by atoms with E-state index in [1.165, 1.54) is 28.7 Å². The summed E-state index contributed by atoms with van der Waals surface area (Å²) in [6.07, 6.45) is 0. The summed E-state index contributed by atoms with van der Waals surface area (Å²) >= 11 is 2.86. The van der Waals surface area contributed by atoms with Crippen molar-refractivity contribution in [3.63, 3.8) is 0 Å². The van der Waals surface area contributed by atoms with Crippen molar-refractivity contribution in [3.05, 3.63) is 70.7 Å². The van der Waals surface area contributed by atoms with Gasteiger partial charge in [-0.25, -0.2) is 4.98 Å². The predicted octanol–water partition coefficient (Wildman–Crippen LogP) is 5.44. The Labute approximate surface area is 189 Å². The number of amides is 1. The van der Waals surface area contributed by atoms with Gasteiger partial charge in [0.2, 0.25) is 5.91 Å². The van der Waals surface area contributed by atoms with Crippen LogP contribution in [0, 0.1) is 20.8 Å². The quantitative estimate of drug-likeness (QED) is 0.397. The summed E-state index contributed by atoms with van der Waals surface area (Å²) < 4.78 is 2.00. The highest BCUT2D eigenvalue weighted by Gasteiger charge is 2.22. The number of aryl methyl sites for hydroxylation is 3. The van der Waals surface area contributed by atoms with Crippen LogP contribution >= 0.6 is 23.1 Å². The average molecular weight is 450 g/mol. The zero-order chi connectivity index (χ0) is 22.0. The monoisotopic (exact) mass is 449 g/mol. The van der Waals surface area contributed by atoms with E-state index >= 15 is 0 Å². The lowest BCUT2D eigenvalue weighted by Gasteiger charge is -2.13. The van der Waals surface area contributed by atoms with Gasteiger partial charge >= 0.3 is 0 Å². The largest absolute Gasteiger partial charge is 0.301 e. The highest BCUT2D eigenvalue weighted by molar-refractivity contribution is 8.00. The van der Waals surface area contributed by atoms with Crippen molar-refractivity contribution in [3.8, 4) is 17.1 Å². The molecule has 2 aromatic carbocycles. The maximum Gasteiger partial charge on any atom is 0.239 e. The fourth-order valence-corrected chi connectivity index (χ4v) is 4.68. The van der Waals surface area contributed by atoms with Crippen LogP contribution in [-0.4, -0.2) is 30.9 Å². The lowest BCUT2D eigenvalue weighted by atomic mass is 10.2. The number of hydrogen-bond donors (Lipinski definition) is 1. The zero-order valence-electron chi connectivity index (χ0n) is 17.8. The number of thioether (sulfide) groups is 1. The molecule has 0 aliphatic heterocycles. The first-order valence-electron chi connectivity index (χ1n) is 9.92. The van der Waals surface area contributed by atoms with Crippen molar-refractivity contribution >= 4 is 34.1 Å². The minimum atomic E-state index is -0.374. The van der Waals surface area contributed by atoms with Gasteiger partial charge in [0, 0.05) is 16.1 Å². The summed E-state index contributed by atoms with van der Waals surface area (Å²) in [5.41, 5.74) is 4.03. The predicted molar refractivity (Wildman–Crippen MR) is 127 cm³/mol. The van der Waals surface area contributed by atoms with Crippen molar-refractivity contribution < 1.29 is 4.79 Å². The van der Waals surface area contributed by atoms with Gasteiger partial charge in [-0.15, -0.1) is 21.5 Å². The van der Waals surface area contributed by atoms with E-state index in [4.69, 9.17) is 0 Å². The molecule has 0 fully saturated rings. The molecule has 0 radical (unpaired) electrons. The molecule has 2 heterocycles. The second kappa shape index (κ2) is 9.03. The fraction of sp³-hybridized carbons (Fsp3) is 0.217. The molecule has 0 aliphatic rings. The third-order valence-electron chi connectivity index (χ3n) is 4.87. The van der Waals surface area contributed by atoms with Gasteiger partial charge in [-0.05, 0) is 39.8 Å². The van der Waals surface area contributed by atoms with Crippen molar-refractivity contribution in [1.29, 1.82) is 0 Å². The second-order valence-corrected chi connectivity index (χ2v) is 9.76. The molecule has 0 aliphatic carbocycles. The van der Waals surface area contributed by atoms with E-state index in [0.717, 1.165) is 27.6 Å². The van der Waals surface area contributed by atoms with E-state index in [1.54, 1.807) is 0 Å². The molecule has 1 atom stereocenters. The molecule has 0 saturated carbocycles. The van der Waals surface area contributed by atoms with Crippen LogP contribution in [0.1, 0.15) is 23.1 Å². The molecule has 1 unspecified atom stereocenters. The molecule has 0 bridgehead atoms. The topological polar surface area (TPSA) is 72.7 Å². The number of nitrogens with one attached hydrogen (secondary N) is 1. The third-order valence-corrected chi connectivity index (χ3v) is 6.90. The second-order valence-electron chi connectivity index (χ2n) is 7.25. The highest BCUT2D eigenvalue weighted by atomic mass is 32.2. The number of rotatable bonds is 6. The molecular formula is C23H23N5OS2. The Morgan fingerprint density at radius 1 is 1.03 bits per heavy atom. The first-order chi connectivity index (χ1) is 14.9. The van der Waals surface area contributed by atoms with Gasteiger partial charge in [0.25, 0.3) is 0 Å². The number of aromatic nitrogens is 4. The Hall–Kier alpha value is -2.97. The Morgan fingerprint density at radius 2 is 1.74 bits per heavy atom. The molecule has 1 N–H and O–H groups in total. The van der Waals surface area contributed by atoms with E-state index in [2.05, 4.69) is 39.6 Å². The molecule has 0 spiro atoms. The van der Waals surface area contributed by atoms with Gasteiger partial charge in [0.1, 0.15) is 0 Å². The average Bonchev–Trinajstić information content (AvgIpc) is 3.31. The molecule has 6 nitrogen and oxygen atoms in total. The first kappa shape index (κ1) is 21.3. The van der Waals surface area contributed by atoms with Gasteiger partial charge < -0.3 is 5.32 Å². The Morgan fingerprint density at radius 3 is 2.39 bits per heavy atom. The Bertz CT molecular complexity index is 1180. The lowest BCUT2D eigenvalue weighted by Crippen LogP contribution is -2.22. The molecule has 0 saturated heterocycles. The molecule has 31 heavy (non-hydrogen) atoms. The molecule has 8 heteroatoms. The van der Waals surface area contributed by atoms with E-state index in [9.17, 15) is 4.79 Å². The standard InChI is InChI=1S/C23H23N5OS2/c1-14-10-12-19(13-11-14)28-20(18-8-6-5-7-9-18)26-27-23(28)31-17(4)21(29)25-22-24-15(2)16(3)30-22/h5-13,17H,1-4H3,(H,24,25,29). The summed E-state index contributed by atoms with van der Waals surface area (Å²) in [5.74, 6) is 0.629. The van der Waals surface area contributed by atoms with Crippen LogP contribution in [0.2, 0.25) is 0 Å². The molecule has 158 valence electrons. The normalized spacial score (nSPS) is 12.0. The minimum absolute atomic E-state index is 0.113. The summed E-state index contributed by atoms with van der Waals surface area (Å²) in [7, 11) is 0. The summed E-state index contributed by atoms with van der Waals surface area (Å²) in [6.45, 7) is 7.85. The smallest absolute Gasteiger partial charge is 0.239 e. The number of benzene rings is 2. The number of hydrogen-bond acceptors (Lipinski definition) is 6. The van der Waals surface area contributed by atoms with Crippen molar-refractivity contribution in [2.24, 2.45) is 0 Å². The van der Waals surface area contributed by atoms with Crippen molar-refractivity contribution in [1.82, 2.24) is 19.7 Å². The van der Waals surface area contributed by atoms with Crippen LogP contribution in [0.5, 0.6) is 0 Å². The van der Waals surface area contributed by atoms with Gasteiger partial charge in [0.05, 0.1) is 10.9 Å². The molecule has 2 aromatic heterocycles. The third kappa shape index (κ3) is 4.70. The van der Waals surface area contributed by atoms with Crippen molar-refractivity contribution in [2.75, 3.05) is 5.32 Å². The highest BCUT2D eigenvalue weighted by Crippen LogP contribution is 2.31. The van der Waals surface area contributed by atoms with Crippen molar-refractivity contribution in [2.45, 2.75) is 38.1 Å². The van der Waals surface area contributed by atoms with Crippen LogP contribution in [0.4, 0.5) is 5.13 Å². The zero-order valence-corrected chi connectivity index (χ0v) is 19.4. The number of nitrogens with zero attached hydrogens (tertiary/aromatic N) is 4. The van der Waals surface area contributed by atoms with Crippen LogP contribution in [0.15, 0.2) is 59.8 Å². The molecule has 4 aromatic rings. The Kier molecular flexibility index (Phi) is 6.20.